The van der Waals surface area contributed by atoms with E-state index < -0.39 is 36.0 Å². The number of esters is 3. The second kappa shape index (κ2) is 10.2. The first kappa shape index (κ1) is 24.4. The van der Waals surface area contributed by atoms with Crippen molar-refractivity contribution in [3.8, 4) is 0 Å². The highest BCUT2D eigenvalue weighted by Gasteiger charge is 2.52. The average molecular weight is 467 g/mol. The number of rotatable bonds is 6. The van der Waals surface area contributed by atoms with E-state index in [1.807, 2.05) is 0 Å². The minimum atomic E-state index is -1.45. The van der Waals surface area contributed by atoms with Crippen LogP contribution in [0.2, 0.25) is 0 Å². The Labute approximate surface area is 196 Å². The van der Waals surface area contributed by atoms with Crippen LogP contribution in [0.4, 0.5) is 10.5 Å². The van der Waals surface area contributed by atoms with Gasteiger partial charge in [0.2, 0.25) is 5.91 Å². The van der Waals surface area contributed by atoms with Crippen LogP contribution in [0.15, 0.2) is 54.6 Å². The minimum absolute atomic E-state index is 0.141. The third-order valence-electron chi connectivity index (χ3n) is 5.69. The maximum absolute atomic E-state index is 13.3. The number of amides is 3. The molecular weight excluding hydrogens is 442 g/mol. The fourth-order valence-corrected chi connectivity index (χ4v) is 4.15. The predicted molar refractivity (Wildman–Crippen MR) is 121 cm³/mol. The van der Waals surface area contributed by atoms with Gasteiger partial charge in [-0.3, -0.25) is 9.69 Å². The highest BCUT2D eigenvalue weighted by molar-refractivity contribution is 6.01. The van der Waals surface area contributed by atoms with E-state index in [1.54, 1.807) is 30.3 Å². The van der Waals surface area contributed by atoms with Gasteiger partial charge in [-0.2, -0.15) is 0 Å². The van der Waals surface area contributed by atoms with E-state index in [2.05, 4.69) is 4.74 Å². The summed E-state index contributed by atoms with van der Waals surface area (Å²) < 4.78 is 9.82. The Morgan fingerprint density at radius 2 is 1.76 bits per heavy atom. The van der Waals surface area contributed by atoms with Gasteiger partial charge >= 0.3 is 23.9 Å². The van der Waals surface area contributed by atoms with Crippen molar-refractivity contribution in [2.45, 2.75) is 25.3 Å². The zero-order valence-electron chi connectivity index (χ0n) is 18.9. The summed E-state index contributed by atoms with van der Waals surface area (Å²) in [5.41, 5.74) is 4.79. The number of benzene rings is 2. The number of carbonyl (C=O) groups is 5. The van der Waals surface area contributed by atoms with Gasteiger partial charge in [-0.25, -0.2) is 19.2 Å². The van der Waals surface area contributed by atoms with E-state index in [9.17, 15) is 24.0 Å². The van der Waals surface area contributed by atoms with Crippen molar-refractivity contribution in [1.29, 1.82) is 0 Å². The average Bonchev–Trinajstić information content (AvgIpc) is 3.29. The van der Waals surface area contributed by atoms with Crippen LogP contribution >= 0.6 is 0 Å². The fraction of sp³-hybridized carbons (Fsp3) is 0.292. The molecule has 1 saturated heterocycles. The summed E-state index contributed by atoms with van der Waals surface area (Å²) in [6.07, 6.45) is 0.828. The molecule has 1 atom stereocenters. The summed E-state index contributed by atoms with van der Waals surface area (Å²) in [6, 6.07) is 13.4. The number of ether oxygens (including phenoxy) is 2. The number of anilines is 1. The molecule has 3 amide bonds. The van der Waals surface area contributed by atoms with Gasteiger partial charge < -0.3 is 20.1 Å². The molecule has 1 aliphatic heterocycles. The van der Waals surface area contributed by atoms with Gasteiger partial charge in [-0.1, -0.05) is 36.4 Å². The molecule has 10 nitrogen and oxygen atoms in total. The molecule has 10 heteroatoms. The molecule has 0 saturated carbocycles. The van der Waals surface area contributed by atoms with Crippen LogP contribution < -0.4 is 10.6 Å². The lowest BCUT2D eigenvalue weighted by Crippen LogP contribution is -2.52. The molecule has 0 aromatic heterocycles. The molecule has 3 rings (SSSR count). The molecule has 0 aliphatic carbocycles. The van der Waals surface area contributed by atoms with Crippen molar-refractivity contribution in [3.63, 3.8) is 0 Å². The summed E-state index contributed by atoms with van der Waals surface area (Å²) in [7, 11) is 1.21. The lowest BCUT2D eigenvalue weighted by Gasteiger charge is -2.36. The van der Waals surface area contributed by atoms with E-state index in [4.69, 9.17) is 10.5 Å². The van der Waals surface area contributed by atoms with Crippen LogP contribution in [0, 0.1) is 0 Å². The quantitative estimate of drug-likeness (QED) is 0.507. The van der Waals surface area contributed by atoms with Crippen LogP contribution in [-0.4, -0.2) is 54.9 Å². The highest BCUT2D eigenvalue weighted by Crippen LogP contribution is 2.40. The Morgan fingerprint density at radius 1 is 1.06 bits per heavy atom. The van der Waals surface area contributed by atoms with Crippen LogP contribution in [0.3, 0.4) is 0 Å². The van der Waals surface area contributed by atoms with Gasteiger partial charge in [0.15, 0.2) is 5.54 Å². The fourth-order valence-electron chi connectivity index (χ4n) is 4.15. The van der Waals surface area contributed by atoms with Gasteiger partial charge in [-0.05, 0) is 36.6 Å². The summed E-state index contributed by atoms with van der Waals surface area (Å²) in [4.78, 5) is 64.5. The smallest absolute Gasteiger partial charge is 0.344 e. The molecular formula is C24H25N3O7. The van der Waals surface area contributed by atoms with Crippen molar-refractivity contribution in [1.82, 2.24) is 4.90 Å². The van der Waals surface area contributed by atoms with Crippen molar-refractivity contribution in [3.05, 3.63) is 65.7 Å². The normalized spacial score (nSPS) is 17.1. The summed E-state index contributed by atoms with van der Waals surface area (Å²) in [5, 5.41) is 0. The van der Waals surface area contributed by atoms with Gasteiger partial charge in [0.05, 0.1) is 12.7 Å². The van der Waals surface area contributed by atoms with Crippen molar-refractivity contribution in [2.24, 2.45) is 5.73 Å². The summed E-state index contributed by atoms with van der Waals surface area (Å²) in [5.74, 6) is -2.93. The first-order valence-corrected chi connectivity index (χ1v) is 10.5. The highest BCUT2D eigenvalue weighted by atomic mass is 16.6. The molecule has 178 valence electrons. The number of carbonyl (C=O) groups excluding carboxylic acids is 5. The van der Waals surface area contributed by atoms with Gasteiger partial charge in [0, 0.05) is 19.2 Å². The second-order valence-electron chi connectivity index (χ2n) is 7.73. The van der Waals surface area contributed by atoms with E-state index in [1.165, 1.54) is 43.2 Å². The van der Waals surface area contributed by atoms with E-state index >= 15 is 0 Å². The van der Waals surface area contributed by atoms with Crippen molar-refractivity contribution < 1.29 is 33.4 Å². The lowest BCUT2D eigenvalue weighted by atomic mass is 9.87. The number of nitrogens with two attached hydrogens (primary N) is 1. The summed E-state index contributed by atoms with van der Waals surface area (Å²) >= 11 is 0. The second-order valence-corrected chi connectivity index (χ2v) is 7.73. The zero-order valence-corrected chi connectivity index (χ0v) is 18.9. The first-order chi connectivity index (χ1) is 16.2. The molecule has 1 unspecified atom stereocenters. The van der Waals surface area contributed by atoms with Crippen molar-refractivity contribution in [2.75, 3.05) is 25.1 Å². The van der Waals surface area contributed by atoms with Gasteiger partial charge in [-0.15, -0.1) is 0 Å². The van der Waals surface area contributed by atoms with Crippen LogP contribution in [0.5, 0.6) is 0 Å². The van der Waals surface area contributed by atoms with Gasteiger partial charge in [0.25, 0.3) is 0 Å². The molecule has 0 radical (unpaired) electrons. The Kier molecular flexibility index (Phi) is 7.30. The molecule has 1 heterocycles. The van der Waals surface area contributed by atoms with E-state index in [0.29, 0.717) is 18.5 Å². The van der Waals surface area contributed by atoms with E-state index in [-0.39, 0.29) is 23.6 Å². The standard InChI is InChI=1S/C24H25N3O7/c1-16(28)27-13-7-12-24(27,18-9-4-3-5-10-18)22(31)34-20(29)15-26(23(25)32)19-11-6-8-17(14-19)21(30)33-2/h3-6,8-11,14H,7,12-13,15H2,1-2H3,(H2,25,32). The van der Waals surface area contributed by atoms with Gasteiger partial charge in [0.1, 0.15) is 6.54 Å². The summed E-state index contributed by atoms with van der Waals surface area (Å²) in [6.45, 7) is 0.999. The Hall–Kier alpha value is -4.21. The third kappa shape index (κ3) is 4.75. The SMILES string of the molecule is COC(=O)c1cccc(N(CC(=O)OC(=O)C2(c3ccccc3)CCCN2C(C)=O)C(N)=O)c1. The Balaban J connectivity index is 1.85. The van der Waals surface area contributed by atoms with Crippen LogP contribution in [-0.2, 0) is 29.4 Å². The topological polar surface area (TPSA) is 136 Å². The number of hydrogen-bond acceptors (Lipinski definition) is 7. The molecule has 34 heavy (non-hydrogen) atoms. The number of urea groups is 1. The van der Waals surface area contributed by atoms with Crippen LogP contribution in [0.25, 0.3) is 0 Å². The predicted octanol–water partition coefficient (Wildman–Crippen LogP) is 1.97. The largest absolute Gasteiger partial charge is 0.465 e. The van der Waals surface area contributed by atoms with Crippen LogP contribution in [0.1, 0.15) is 35.7 Å². The first-order valence-electron chi connectivity index (χ1n) is 10.5. The molecule has 2 aromatic rings. The number of primary amides is 1. The monoisotopic (exact) mass is 467 g/mol. The maximum Gasteiger partial charge on any atom is 0.344 e. The number of methoxy groups -OCH3 is 1. The molecule has 2 N–H and O–H groups in total. The molecule has 1 fully saturated rings. The number of hydrogen-bond donors (Lipinski definition) is 1. The zero-order chi connectivity index (χ0) is 24.9. The molecule has 1 aliphatic rings. The maximum atomic E-state index is 13.3. The minimum Gasteiger partial charge on any atom is -0.465 e. The molecule has 0 spiro atoms. The number of likely N-dealkylation sites (tertiary alicyclic amines) is 1. The van der Waals surface area contributed by atoms with Crippen molar-refractivity contribution >= 4 is 35.5 Å². The third-order valence-corrected chi connectivity index (χ3v) is 5.69. The molecule has 0 bridgehead atoms. The Morgan fingerprint density at radius 3 is 2.38 bits per heavy atom. The lowest BCUT2D eigenvalue weighted by molar-refractivity contribution is -0.170. The number of nitrogens with zero attached hydrogens (tertiary/aromatic N) is 2. The molecule has 2 aromatic carbocycles. The van der Waals surface area contributed by atoms with E-state index in [0.717, 1.165) is 4.90 Å². The Bertz CT molecular complexity index is 1120.